The van der Waals surface area contributed by atoms with Gasteiger partial charge in [-0.2, -0.15) is 0 Å². The van der Waals surface area contributed by atoms with Crippen LogP contribution in [-0.4, -0.2) is 15.0 Å². The van der Waals surface area contributed by atoms with Crippen molar-refractivity contribution in [2.45, 2.75) is 25.4 Å². The first-order chi connectivity index (χ1) is 5.27. The van der Waals surface area contributed by atoms with Crippen LogP contribution in [0.15, 0.2) is 10.8 Å². The van der Waals surface area contributed by atoms with Crippen LogP contribution in [0.5, 0.6) is 0 Å². The van der Waals surface area contributed by atoms with Crippen LogP contribution in [0.1, 0.15) is 18.7 Å². The third-order valence-electron chi connectivity index (χ3n) is 1.78. The van der Waals surface area contributed by atoms with E-state index < -0.39 is 0 Å². The largest absolute Gasteiger partial charge is 0.304 e. The molecule has 1 heterocycles. The van der Waals surface area contributed by atoms with Crippen molar-refractivity contribution in [3.8, 4) is 0 Å². The summed E-state index contributed by atoms with van der Waals surface area (Å²) in [7, 11) is 0.901. The van der Waals surface area contributed by atoms with Gasteiger partial charge in [-0.05, 0) is 50.1 Å². The average Bonchev–Trinajstić information content (AvgIpc) is 2.73. The number of hydrogen-bond donors (Lipinski definition) is 0. The monoisotopic (exact) mass is 232 g/mol. The predicted molar refractivity (Wildman–Crippen MR) is 51.4 cm³/mol. The molecule has 1 aromatic rings. The van der Waals surface area contributed by atoms with Crippen LogP contribution >= 0.6 is 24.7 Å². The van der Waals surface area contributed by atoms with Gasteiger partial charge in [-0.1, -0.05) is 0 Å². The van der Waals surface area contributed by atoms with Gasteiger partial charge >= 0.3 is 0 Å². The Morgan fingerprint density at radius 3 is 2.91 bits per heavy atom. The Morgan fingerprint density at radius 2 is 2.45 bits per heavy atom. The molecule has 0 spiro atoms. The third-order valence-corrected chi connectivity index (χ3v) is 4.44. The molecular weight excluding hydrogens is 223 g/mol. The second-order valence-electron chi connectivity index (χ2n) is 2.87. The van der Waals surface area contributed by atoms with Crippen LogP contribution in [0.3, 0.4) is 0 Å². The summed E-state index contributed by atoms with van der Waals surface area (Å²) in [5.74, 6) is 1.13. The molecule has 60 valence electrons. The summed E-state index contributed by atoms with van der Waals surface area (Å²) >= 11 is 3.48. The molecule has 4 heteroatoms. The summed E-state index contributed by atoms with van der Waals surface area (Å²) in [4.78, 5) is 4.22. The van der Waals surface area contributed by atoms with Gasteiger partial charge in [0.05, 0.1) is 6.20 Å². The van der Waals surface area contributed by atoms with E-state index in [1.165, 1.54) is 12.8 Å². The zero-order chi connectivity index (χ0) is 7.84. The van der Waals surface area contributed by atoms with Crippen molar-refractivity contribution in [3.05, 3.63) is 16.6 Å². The molecule has 1 saturated carbocycles. The molecule has 0 radical (unpaired) electrons. The fraction of sp³-hybridized carbons (Fsp3) is 0.571. The van der Waals surface area contributed by atoms with Crippen LogP contribution in [0, 0.1) is 6.92 Å². The molecule has 1 aliphatic rings. The maximum atomic E-state index is 4.22. The maximum Gasteiger partial charge on any atom is 0.109 e. The number of aromatic nitrogens is 2. The summed E-state index contributed by atoms with van der Waals surface area (Å²) in [5.41, 5.74) is 0.944. The highest BCUT2D eigenvalue weighted by atomic mass is 79.9. The topological polar surface area (TPSA) is 17.8 Å². The SMILES string of the molecule is Cc1ncc(Br)n1PC1CC1. The van der Waals surface area contributed by atoms with E-state index in [0.29, 0.717) is 0 Å². The zero-order valence-corrected chi connectivity index (χ0v) is 8.93. The summed E-state index contributed by atoms with van der Waals surface area (Å²) in [5, 5.41) is 0. The van der Waals surface area contributed by atoms with E-state index in [0.717, 1.165) is 24.8 Å². The molecule has 0 saturated heterocycles. The van der Waals surface area contributed by atoms with Gasteiger partial charge in [-0.25, -0.2) is 4.98 Å². The highest BCUT2D eigenvalue weighted by molar-refractivity contribution is 9.10. The molecule has 0 N–H and O–H groups in total. The lowest BCUT2D eigenvalue weighted by Crippen LogP contribution is -1.89. The Balaban J connectivity index is 2.19. The van der Waals surface area contributed by atoms with Crippen molar-refractivity contribution in [3.63, 3.8) is 0 Å². The lowest BCUT2D eigenvalue weighted by molar-refractivity contribution is 1.07. The number of halogens is 1. The second kappa shape index (κ2) is 2.87. The number of rotatable bonds is 2. The van der Waals surface area contributed by atoms with Crippen molar-refractivity contribution in [2.75, 3.05) is 0 Å². The smallest absolute Gasteiger partial charge is 0.109 e. The first kappa shape index (κ1) is 7.75. The fourth-order valence-electron chi connectivity index (χ4n) is 0.967. The Labute approximate surface area is 76.4 Å². The number of imidazole rings is 1. The van der Waals surface area contributed by atoms with Gasteiger partial charge < -0.3 is 4.34 Å². The van der Waals surface area contributed by atoms with Crippen molar-refractivity contribution >= 4 is 24.7 Å². The van der Waals surface area contributed by atoms with Crippen LogP contribution in [-0.2, 0) is 0 Å². The molecule has 0 bridgehead atoms. The number of hydrogen-bond acceptors (Lipinski definition) is 1. The van der Waals surface area contributed by atoms with E-state index in [1.54, 1.807) is 0 Å². The quantitative estimate of drug-likeness (QED) is 0.717. The normalized spacial score (nSPS) is 18.4. The van der Waals surface area contributed by atoms with Crippen molar-refractivity contribution in [2.24, 2.45) is 0 Å². The predicted octanol–water partition coefficient (Wildman–Crippen LogP) is 2.56. The zero-order valence-electron chi connectivity index (χ0n) is 6.34. The molecule has 2 nitrogen and oxygen atoms in total. The molecule has 1 aromatic heterocycles. The standard InChI is InChI=1S/C7H10BrN2P/c1-5-9-4-7(8)10(5)11-6-2-3-6/h4,6,11H,2-3H2,1H3. The minimum absolute atomic E-state index is 0.901. The minimum atomic E-state index is 0.901. The van der Waals surface area contributed by atoms with Gasteiger partial charge in [0.1, 0.15) is 10.4 Å². The van der Waals surface area contributed by atoms with Crippen LogP contribution in [0.25, 0.3) is 0 Å². The van der Waals surface area contributed by atoms with Crippen molar-refractivity contribution in [1.29, 1.82) is 0 Å². The van der Waals surface area contributed by atoms with E-state index in [9.17, 15) is 0 Å². The van der Waals surface area contributed by atoms with E-state index in [2.05, 4.69) is 32.2 Å². The lowest BCUT2D eigenvalue weighted by atomic mass is 10.8. The Kier molecular flexibility index (Phi) is 2.02. The summed E-state index contributed by atoms with van der Waals surface area (Å²) in [6.07, 6.45) is 4.69. The van der Waals surface area contributed by atoms with Gasteiger partial charge in [-0.15, -0.1) is 0 Å². The summed E-state index contributed by atoms with van der Waals surface area (Å²) < 4.78 is 3.39. The van der Waals surface area contributed by atoms with Gasteiger partial charge in [0, 0.05) is 0 Å². The second-order valence-corrected chi connectivity index (χ2v) is 5.20. The van der Waals surface area contributed by atoms with Crippen LogP contribution in [0.4, 0.5) is 0 Å². The first-order valence-electron chi connectivity index (χ1n) is 3.74. The first-order valence-corrected chi connectivity index (χ1v) is 5.55. The molecule has 1 unspecified atom stereocenters. The van der Waals surface area contributed by atoms with E-state index in [4.69, 9.17) is 0 Å². The molecule has 11 heavy (non-hydrogen) atoms. The van der Waals surface area contributed by atoms with Gasteiger partial charge in [0.25, 0.3) is 0 Å². The molecule has 0 aromatic carbocycles. The molecule has 1 atom stereocenters. The molecule has 0 amide bonds. The van der Waals surface area contributed by atoms with E-state index >= 15 is 0 Å². The Morgan fingerprint density at radius 1 is 1.73 bits per heavy atom. The highest BCUT2D eigenvalue weighted by Gasteiger charge is 2.23. The van der Waals surface area contributed by atoms with Crippen LogP contribution < -0.4 is 0 Å². The van der Waals surface area contributed by atoms with E-state index in [-0.39, 0.29) is 0 Å². The lowest BCUT2D eigenvalue weighted by Gasteiger charge is -2.03. The Hall–Kier alpha value is 0.120. The van der Waals surface area contributed by atoms with Crippen molar-refractivity contribution in [1.82, 2.24) is 9.32 Å². The fourth-order valence-corrected chi connectivity index (χ4v) is 2.85. The van der Waals surface area contributed by atoms with E-state index in [1.807, 2.05) is 6.20 Å². The maximum absolute atomic E-state index is 4.22. The number of aryl methyl sites for hydroxylation is 1. The molecule has 0 aliphatic heterocycles. The minimum Gasteiger partial charge on any atom is -0.304 e. The third kappa shape index (κ3) is 1.65. The van der Waals surface area contributed by atoms with Gasteiger partial charge in [0.2, 0.25) is 0 Å². The molecule has 1 aliphatic carbocycles. The van der Waals surface area contributed by atoms with Gasteiger partial charge in [-0.3, -0.25) is 0 Å². The Bertz CT molecular complexity index is 248. The van der Waals surface area contributed by atoms with Gasteiger partial charge in [0.15, 0.2) is 0 Å². The molecular formula is C7H10BrN2P. The number of nitrogens with zero attached hydrogens (tertiary/aromatic N) is 2. The molecule has 1 fully saturated rings. The summed E-state index contributed by atoms with van der Waals surface area (Å²) in [6.45, 7) is 2.06. The molecule has 2 rings (SSSR count). The highest BCUT2D eigenvalue weighted by Crippen LogP contribution is 2.42. The van der Waals surface area contributed by atoms with Crippen LogP contribution in [0.2, 0.25) is 0 Å². The summed E-state index contributed by atoms with van der Waals surface area (Å²) in [6, 6.07) is 0. The average molecular weight is 233 g/mol. The van der Waals surface area contributed by atoms with Crippen molar-refractivity contribution < 1.29 is 0 Å².